The Labute approximate surface area is 123 Å². The van der Waals surface area contributed by atoms with Crippen molar-refractivity contribution < 1.29 is 18.0 Å². The number of nitrogens with one attached hydrogen (secondary N) is 3. The molecule has 0 aliphatic heterocycles. The molecule has 116 valence electrons. The number of nitrogens with two attached hydrogens (primary N) is 1. The van der Waals surface area contributed by atoms with Crippen molar-refractivity contribution in [2.24, 2.45) is 5.73 Å². The van der Waals surface area contributed by atoms with E-state index in [2.05, 4.69) is 10.0 Å². The zero-order chi connectivity index (χ0) is 16.2. The van der Waals surface area contributed by atoms with Gasteiger partial charge in [0.2, 0.25) is 15.9 Å². The van der Waals surface area contributed by atoms with Crippen LogP contribution in [-0.2, 0) is 14.8 Å². The van der Waals surface area contributed by atoms with Gasteiger partial charge in [-0.05, 0) is 37.6 Å². The van der Waals surface area contributed by atoms with E-state index in [4.69, 9.17) is 5.73 Å². The molecular weight excluding hydrogens is 296 g/mol. The van der Waals surface area contributed by atoms with Gasteiger partial charge in [0.05, 0.1) is 11.9 Å². The molecule has 0 radical (unpaired) electrons. The molecule has 0 bridgehead atoms. The van der Waals surface area contributed by atoms with Crippen LogP contribution < -0.4 is 21.1 Å². The third kappa shape index (κ3) is 5.69. The number of sulfonamides is 1. The van der Waals surface area contributed by atoms with Gasteiger partial charge < -0.3 is 11.1 Å². The molecule has 9 heteroatoms. The Balaban J connectivity index is 2.80. The molecule has 0 saturated heterocycles. The van der Waals surface area contributed by atoms with Crippen LogP contribution in [0.5, 0.6) is 0 Å². The second-order valence-corrected chi connectivity index (χ2v) is 6.37. The highest BCUT2D eigenvalue weighted by Crippen LogP contribution is 2.21. The summed E-state index contributed by atoms with van der Waals surface area (Å²) < 4.78 is 24.8. The van der Waals surface area contributed by atoms with Crippen molar-refractivity contribution in [2.75, 3.05) is 16.3 Å². The molecule has 0 saturated carbocycles. The SMILES string of the molecule is Cc1cc(NC(C)C(=O)NC(N)=O)ccc1NS(C)(=O)=O. The van der Waals surface area contributed by atoms with Crippen molar-refractivity contribution in [1.82, 2.24) is 5.32 Å². The summed E-state index contributed by atoms with van der Waals surface area (Å²) in [5, 5.41) is 4.85. The number of rotatable bonds is 5. The van der Waals surface area contributed by atoms with Gasteiger partial charge in [0.25, 0.3) is 0 Å². The summed E-state index contributed by atoms with van der Waals surface area (Å²) in [6.07, 6.45) is 1.06. The van der Waals surface area contributed by atoms with E-state index in [-0.39, 0.29) is 0 Å². The van der Waals surface area contributed by atoms with Crippen LogP contribution in [0.3, 0.4) is 0 Å². The Hall–Kier alpha value is -2.29. The normalized spacial score (nSPS) is 12.3. The minimum atomic E-state index is -3.35. The molecule has 0 fully saturated rings. The van der Waals surface area contributed by atoms with E-state index in [0.717, 1.165) is 6.26 Å². The van der Waals surface area contributed by atoms with Gasteiger partial charge in [-0.2, -0.15) is 0 Å². The molecule has 0 spiro atoms. The summed E-state index contributed by atoms with van der Waals surface area (Å²) in [7, 11) is -3.35. The predicted molar refractivity (Wildman–Crippen MR) is 80.5 cm³/mol. The maximum atomic E-state index is 11.5. The van der Waals surface area contributed by atoms with Gasteiger partial charge in [-0.25, -0.2) is 13.2 Å². The van der Waals surface area contributed by atoms with Crippen LogP contribution in [0.15, 0.2) is 18.2 Å². The van der Waals surface area contributed by atoms with E-state index in [0.29, 0.717) is 16.9 Å². The number of aryl methyl sites for hydroxylation is 1. The first kappa shape index (κ1) is 16.8. The van der Waals surface area contributed by atoms with Gasteiger partial charge in [-0.3, -0.25) is 14.8 Å². The largest absolute Gasteiger partial charge is 0.374 e. The number of carbonyl (C=O) groups is 2. The molecule has 1 aromatic carbocycles. The lowest BCUT2D eigenvalue weighted by atomic mass is 10.1. The van der Waals surface area contributed by atoms with E-state index in [9.17, 15) is 18.0 Å². The Morgan fingerprint density at radius 1 is 1.29 bits per heavy atom. The molecule has 0 aliphatic carbocycles. The number of carbonyl (C=O) groups excluding carboxylic acids is 2. The van der Waals surface area contributed by atoms with E-state index in [1.54, 1.807) is 32.0 Å². The fourth-order valence-corrected chi connectivity index (χ4v) is 2.24. The van der Waals surface area contributed by atoms with Crippen LogP contribution in [0.1, 0.15) is 12.5 Å². The van der Waals surface area contributed by atoms with Crippen molar-refractivity contribution >= 4 is 33.3 Å². The second-order valence-electron chi connectivity index (χ2n) is 4.62. The van der Waals surface area contributed by atoms with E-state index >= 15 is 0 Å². The standard InChI is InChI=1S/C12H18N4O4S/c1-7-6-9(4-5-10(7)16-21(3,19)20)14-8(2)11(17)15-12(13)18/h4-6,8,14,16H,1-3H3,(H3,13,15,17,18). The number of hydrogen-bond donors (Lipinski definition) is 4. The molecule has 1 aromatic rings. The van der Waals surface area contributed by atoms with Gasteiger partial charge in [0.1, 0.15) is 6.04 Å². The maximum Gasteiger partial charge on any atom is 0.318 e. The minimum Gasteiger partial charge on any atom is -0.374 e. The predicted octanol–water partition coefficient (Wildman–Crippen LogP) is 0.362. The maximum absolute atomic E-state index is 11.5. The number of imide groups is 1. The topological polar surface area (TPSA) is 130 Å². The summed E-state index contributed by atoms with van der Waals surface area (Å²) in [6.45, 7) is 3.29. The third-order valence-electron chi connectivity index (χ3n) is 2.54. The van der Waals surface area contributed by atoms with Gasteiger partial charge in [-0.15, -0.1) is 0 Å². The number of hydrogen-bond acceptors (Lipinski definition) is 5. The number of amides is 3. The fourth-order valence-electron chi connectivity index (χ4n) is 1.61. The molecule has 1 rings (SSSR count). The van der Waals surface area contributed by atoms with E-state index < -0.39 is 28.0 Å². The first-order valence-electron chi connectivity index (χ1n) is 6.04. The van der Waals surface area contributed by atoms with Crippen LogP contribution in [0, 0.1) is 6.92 Å². The Morgan fingerprint density at radius 2 is 1.90 bits per heavy atom. The highest BCUT2D eigenvalue weighted by atomic mass is 32.2. The van der Waals surface area contributed by atoms with Crippen LogP contribution in [-0.4, -0.2) is 32.7 Å². The van der Waals surface area contributed by atoms with Crippen LogP contribution in [0.2, 0.25) is 0 Å². The van der Waals surface area contributed by atoms with Crippen molar-refractivity contribution in [3.05, 3.63) is 23.8 Å². The van der Waals surface area contributed by atoms with E-state index in [1.807, 2.05) is 5.32 Å². The van der Waals surface area contributed by atoms with Crippen molar-refractivity contribution in [1.29, 1.82) is 0 Å². The smallest absolute Gasteiger partial charge is 0.318 e. The number of primary amides is 1. The highest BCUT2D eigenvalue weighted by Gasteiger charge is 2.14. The zero-order valence-electron chi connectivity index (χ0n) is 11.9. The molecule has 8 nitrogen and oxygen atoms in total. The molecule has 0 aromatic heterocycles. The van der Waals surface area contributed by atoms with Gasteiger partial charge in [-0.1, -0.05) is 0 Å². The number of urea groups is 1. The Bertz CT molecular complexity index is 657. The molecule has 5 N–H and O–H groups in total. The average Bonchev–Trinajstić information content (AvgIpc) is 2.30. The summed E-state index contributed by atoms with van der Waals surface area (Å²) >= 11 is 0. The van der Waals surface area contributed by atoms with Crippen molar-refractivity contribution in [3.63, 3.8) is 0 Å². The zero-order valence-corrected chi connectivity index (χ0v) is 12.7. The van der Waals surface area contributed by atoms with E-state index in [1.165, 1.54) is 0 Å². The van der Waals surface area contributed by atoms with Crippen LogP contribution >= 0.6 is 0 Å². The van der Waals surface area contributed by atoms with Crippen molar-refractivity contribution in [3.8, 4) is 0 Å². The first-order valence-corrected chi connectivity index (χ1v) is 7.93. The molecule has 1 unspecified atom stereocenters. The van der Waals surface area contributed by atoms with Crippen LogP contribution in [0.4, 0.5) is 16.2 Å². The first-order chi connectivity index (χ1) is 9.58. The molecule has 21 heavy (non-hydrogen) atoms. The second kappa shape index (κ2) is 6.44. The highest BCUT2D eigenvalue weighted by molar-refractivity contribution is 7.92. The molecule has 0 heterocycles. The summed E-state index contributed by atoms with van der Waals surface area (Å²) in [5.41, 5.74) is 6.62. The van der Waals surface area contributed by atoms with Crippen LogP contribution in [0.25, 0.3) is 0 Å². The lowest BCUT2D eigenvalue weighted by molar-refractivity contribution is -0.120. The average molecular weight is 314 g/mol. The third-order valence-corrected chi connectivity index (χ3v) is 3.14. The molecule has 0 aliphatic rings. The number of anilines is 2. The van der Waals surface area contributed by atoms with Gasteiger partial charge in [0, 0.05) is 5.69 Å². The molecule has 1 atom stereocenters. The lowest BCUT2D eigenvalue weighted by Crippen LogP contribution is -2.43. The Kier molecular flexibility index (Phi) is 5.14. The fraction of sp³-hybridized carbons (Fsp3) is 0.333. The summed E-state index contributed by atoms with van der Waals surface area (Å²) in [4.78, 5) is 22.1. The summed E-state index contributed by atoms with van der Waals surface area (Å²) in [5.74, 6) is -0.557. The van der Waals surface area contributed by atoms with Gasteiger partial charge >= 0.3 is 6.03 Å². The summed E-state index contributed by atoms with van der Waals surface area (Å²) in [6, 6.07) is 3.29. The molecule has 3 amide bonds. The van der Waals surface area contributed by atoms with Gasteiger partial charge in [0.15, 0.2) is 0 Å². The monoisotopic (exact) mass is 314 g/mol. The van der Waals surface area contributed by atoms with Crippen molar-refractivity contribution in [2.45, 2.75) is 19.9 Å². The lowest BCUT2D eigenvalue weighted by Gasteiger charge is -2.15. The molecular formula is C12H18N4O4S. The minimum absolute atomic E-state index is 0.456. The quantitative estimate of drug-likeness (QED) is 0.623. The number of benzene rings is 1. The Morgan fingerprint density at radius 3 is 2.38 bits per heavy atom.